The average Bonchev–Trinajstić information content (AvgIpc) is 2.97. The van der Waals surface area contributed by atoms with Crippen LogP contribution in [0.4, 0.5) is 11.4 Å². The summed E-state index contributed by atoms with van der Waals surface area (Å²) in [6.45, 7) is 4.20. The number of para-hydroxylation sites is 1. The summed E-state index contributed by atoms with van der Waals surface area (Å²) in [7, 11) is 1.43. The number of amides is 2. The second kappa shape index (κ2) is 13.5. The second-order valence-corrected chi connectivity index (χ2v) is 9.98. The van der Waals surface area contributed by atoms with Crippen LogP contribution in [-0.4, -0.2) is 36.4 Å². The summed E-state index contributed by atoms with van der Waals surface area (Å²) in [5.74, 6) is -0.555. The summed E-state index contributed by atoms with van der Waals surface area (Å²) < 4.78 is 10.7. The molecule has 1 aliphatic heterocycles. The number of methoxy groups -OCH3 is 1. The van der Waals surface area contributed by atoms with Gasteiger partial charge in [0.05, 0.1) is 42.1 Å². The lowest BCUT2D eigenvalue weighted by Gasteiger charge is -2.30. The van der Waals surface area contributed by atoms with Gasteiger partial charge in [-0.1, -0.05) is 36.0 Å². The average molecular weight is 571 g/mol. The molecule has 1 heterocycles. The molecule has 0 fully saturated rings. The van der Waals surface area contributed by atoms with Gasteiger partial charge in [0.1, 0.15) is 5.75 Å². The van der Waals surface area contributed by atoms with Crippen LogP contribution in [0.25, 0.3) is 0 Å². The van der Waals surface area contributed by atoms with Gasteiger partial charge in [0.25, 0.3) is 5.91 Å². The topological polar surface area (TPSA) is 133 Å². The number of phenolic OH excluding ortho intramolecular Hbond substituents is 1. The van der Waals surface area contributed by atoms with Gasteiger partial charge in [-0.2, -0.15) is 5.26 Å². The van der Waals surface area contributed by atoms with E-state index in [4.69, 9.17) is 9.47 Å². The first-order valence-corrected chi connectivity index (χ1v) is 13.8. The molecule has 0 saturated carbocycles. The summed E-state index contributed by atoms with van der Waals surface area (Å²) >= 11 is 1.16. The number of nitriles is 1. The molecule has 9 nitrogen and oxygen atoms in total. The predicted octanol–water partition coefficient (Wildman–Crippen LogP) is 5.51. The van der Waals surface area contributed by atoms with Crippen molar-refractivity contribution in [3.8, 4) is 23.3 Å². The minimum absolute atomic E-state index is 0.0190. The van der Waals surface area contributed by atoms with Gasteiger partial charge in [-0.15, -0.1) is 0 Å². The van der Waals surface area contributed by atoms with E-state index in [9.17, 15) is 20.0 Å². The van der Waals surface area contributed by atoms with Gasteiger partial charge in [0.15, 0.2) is 11.5 Å². The number of ether oxygens (including phenoxy) is 2. The number of nitrogens with zero attached hydrogens (tertiary/aromatic N) is 1. The highest BCUT2D eigenvalue weighted by molar-refractivity contribution is 8.03. The van der Waals surface area contributed by atoms with Crippen LogP contribution in [0.1, 0.15) is 25.3 Å². The molecule has 1 atom stereocenters. The number of rotatable bonds is 10. The Balaban J connectivity index is 1.62. The number of anilines is 2. The van der Waals surface area contributed by atoms with Crippen molar-refractivity contribution in [3.63, 3.8) is 0 Å². The van der Waals surface area contributed by atoms with Crippen LogP contribution in [0.15, 0.2) is 94.7 Å². The lowest BCUT2D eigenvalue weighted by Crippen LogP contribution is -2.31. The zero-order valence-corrected chi connectivity index (χ0v) is 23.7. The van der Waals surface area contributed by atoms with E-state index in [0.29, 0.717) is 45.6 Å². The van der Waals surface area contributed by atoms with Crippen molar-refractivity contribution in [2.45, 2.75) is 19.8 Å². The largest absolute Gasteiger partial charge is 0.504 e. The van der Waals surface area contributed by atoms with E-state index in [1.807, 2.05) is 25.1 Å². The van der Waals surface area contributed by atoms with E-state index in [1.54, 1.807) is 55.5 Å². The molecule has 4 N–H and O–H groups in total. The van der Waals surface area contributed by atoms with Crippen molar-refractivity contribution in [1.82, 2.24) is 5.32 Å². The Morgan fingerprint density at radius 3 is 2.41 bits per heavy atom. The molecular weight excluding hydrogens is 540 g/mol. The normalized spacial score (nSPS) is 14.5. The number of aromatic hydroxyl groups is 1. The molecule has 1 aliphatic rings. The van der Waals surface area contributed by atoms with Crippen molar-refractivity contribution >= 4 is 35.0 Å². The molecule has 210 valence electrons. The van der Waals surface area contributed by atoms with Crippen molar-refractivity contribution < 1.29 is 24.2 Å². The summed E-state index contributed by atoms with van der Waals surface area (Å²) in [6.07, 6.45) is 0. The van der Waals surface area contributed by atoms with E-state index in [-0.39, 0.29) is 34.6 Å². The Morgan fingerprint density at radius 2 is 1.76 bits per heavy atom. The van der Waals surface area contributed by atoms with Crippen molar-refractivity contribution in [3.05, 3.63) is 100 Å². The standard InChI is InChI=1S/C31H30N4O5S/c1-4-40-23-13-11-22(12-14-23)34-27(37)18-41-31-24(17-32)29(20-10-15-25(36)26(16-20)39-3)28(19(2)33-31)30(38)35-21-8-6-5-7-9-21/h5-16,29,33,36H,4,18H2,1-3H3,(H,34,37)(H,35,38). The first-order chi connectivity index (χ1) is 19.8. The molecule has 0 radical (unpaired) electrons. The first-order valence-electron chi connectivity index (χ1n) is 12.9. The number of allylic oxidation sites excluding steroid dienone is 2. The monoisotopic (exact) mass is 570 g/mol. The van der Waals surface area contributed by atoms with E-state index in [2.05, 4.69) is 22.0 Å². The predicted molar refractivity (Wildman–Crippen MR) is 160 cm³/mol. The minimum Gasteiger partial charge on any atom is -0.504 e. The Hall–Kier alpha value is -4.88. The number of thioether (sulfide) groups is 1. The summed E-state index contributed by atoms with van der Waals surface area (Å²) in [4.78, 5) is 26.4. The zero-order chi connectivity index (χ0) is 29.4. The van der Waals surface area contributed by atoms with Gasteiger partial charge in [-0.25, -0.2) is 0 Å². The van der Waals surface area contributed by atoms with Crippen LogP contribution in [0.2, 0.25) is 0 Å². The van der Waals surface area contributed by atoms with Crippen molar-refractivity contribution in [2.75, 3.05) is 30.1 Å². The molecule has 0 aromatic heterocycles. The van der Waals surface area contributed by atoms with Gasteiger partial charge < -0.3 is 30.5 Å². The van der Waals surface area contributed by atoms with Gasteiger partial charge in [-0.3, -0.25) is 9.59 Å². The Bertz CT molecular complexity index is 1530. The fourth-order valence-corrected chi connectivity index (χ4v) is 5.28. The number of hydrogen-bond donors (Lipinski definition) is 4. The summed E-state index contributed by atoms with van der Waals surface area (Å²) in [5.41, 5.74) is 2.93. The highest BCUT2D eigenvalue weighted by atomic mass is 32.2. The highest BCUT2D eigenvalue weighted by Gasteiger charge is 2.35. The first kappa shape index (κ1) is 29.1. The highest BCUT2D eigenvalue weighted by Crippen LogP contribution is 2.43. The van der Waals surface area contributed by atoms with Crippen molar-refractivity contribution in [1.29, 1.82) is 5.26 Å². The molecule has 0 spiro atoms. The Labute approximate surface area is 242 Å². The lowest BCUT2D eigenvalue weighted by atomic mass is 9.82. The molecule has 41 heavy (non-hydrogen) atoms. The lowest BCUT2D eigenvalue weighted by molar-refractivity contribution is -0.114. The van der Waals surface area contributed by atoms with E-state index >= 15 is 0 Å². The third kappa shape index (κ3) is 7.01. The maximum absolute atomic E-state index is 13.6. The van der Waals surface area contributed by atoms with Crippen LogP contribution < -0.4 is 25.4 Å². The quantitative estimate of drug-likeness (QED) is 0.251. The maximum atomic E-state index is 13.6. The molecule has 0 aliphatic carbocycles. The third-order valence-corrected chi connectivity index (χ3v) is 7.27. The molecule has 1 unspecified atom stereocenters. The van der Waals surface area contributed by atoms with Crippen LogP contribution in [-0.2, 0) is 9.59 Å². The fourth-order valence-electron chi connectivity index (χ4n) is 4.39. The van der Waals surface area contributed by atoms with Crippen molar-refractivity contribution in [2.24, 2.45) is 0 Å². The van der Waals surface area contributed by atoms with Crippen LogP contribution in [0.5, 0.6) is 17.2 Å². The SMILES string of the molecule is CCOc1ccc(NC(=O)CSC2=C(C#N)C(c3ccc(O)c(OC)c3)C(C(=O)Nc3ccccc3)=C(C)N2)cc1. The van der Waals surface area contributed by atoms with Crippen LogP contribution in [0.3, 0.4) is 0 Å². The molecule has 4 rings (SSSR count). The number of hydrogen-bond acceptors (Lipinski definition) is 8. The molecule has 3 aromatic carbocycles. The molecule has 0 saturated heterocycles. The smallest absolute Gasteiger partial charge is 0.254 e. The zero-order valence-electron chi connectivity index (χ0n) is 22.9. The molecule has 3 aromatic rings. The second-order valence-electron chi connectivity index (χ2n) is 9.00. The van der Waals surface area contributed by atoms with E-state index in [0.717, 1.165) is 11.8 Å². The third-order valence-electron chi connectivity index (χ3n) is 6.26. The Morgan fingerprint density at radius 1 is 1.05 bits per heavy atom. The molecular formula is C31H30N4O5S. The van der Waals surface area contributed by atoms with Crippen LogP contribution in [0, 0.1) is 11.3 Å². The van der Waals surface area contributed by atoms with E-state index in [1.165, 1.54) is 13.2 Å². The van der Waals surface area contributed by atoms with Gasteiger partial charge in [0, 0.05) is 22.6 Å². The summed E-state index contributed by atoms with van der Waals surface area (Å²) in [6, 6.07) is 23.0. The number of carbonyl (C=O) groups excluding carboxylic acids is 2. The summed E-state index contributed by atoms with van der Waals surface area (Å²) in [5, 5.41) is 29.9. The molecule has 2 amide bonds. The number of phenols is 1. The molecule has 0 bridgehead atoms. The number of benzene rings is 3. The van der Waals surface area contributed by atoms with E-state index < -0.39 is 5.92 Å². The van der Waals surface area contributed by atoms with Gasteiger partial charge in [0.2, 0.25) is 5.91 Å². The minimum atomic E-state index is -0.781. The maximum Gasteiger partial charge on any atom is 0.254 e. The Kier molecular flexibility index (Phi) is 9.55. The number of carbonyl (C=O) groups is 2. The van der Waals surface area contributed by atoms with Gasteiger partial charge in [-0.05, 0) is 67.9 Å². The molecule has 10 heteroatoms. The number of nitrogens with one attached hydrogen (secondary N) is 3. The fraction of sp³-hybridized carbons (Fsp3) is 0.194. The number of dihydropyridines is 1. The van der Waals surface area contributed by atoms with Crippen LogP contribution >= 0.6 is 11.8 Å². The van der Waals surface area contributed by atoms with Gasteiger partial charge >= 0.3 is 0 Å².